The van der Waals surface area contributed by atoms with Gasteiger partial charge in [0.05, 0.1) is 6.54 Å². The van der Waals surface area contributed by atoms with Crippen LogP contribution >= 0.6 is 0 Å². The molecule has 4 heteroatoms. The van der Waals surface area contributed by atoms with Gasteiger partial charge in [0.2, 0.25) is 0 Å². The first-order valence-corrected chi connectivity index (χ1v) is 10.2. The van der Waals surface area contributed by atoms with Gasteiger partial charge < -0.3 is 10.4 Å². The number of Topliss-reactive ketones (excluding diaryl/α,β-unsaturated/α-hetero) is 1. The molecule has 0 saturated carbocycles. The molecule has 0 amide bonds. The summed E-state index contributed by atoms with van der Waals surface area (Å²) in [5.41, 5.74) is 0. The summed E-state index contributed by atoms with van der Waals surface area (Å²) >= 11 is 0. The number of hydrogen-bond acceptors (Lipinski definition) is 3. The maximum atomic E-state index is 12.1. The number of nitrogens with one attached hydrogen (secondary N) is 1. The maximum absolute atomic E-state index is 12.1. The van der Waals surface area contributed by atoms with Crippen LogP contribution < -0.4 is 5.32 Å². The van der Waals surface area contributed by atoms with Crippen LogP contribution in [0.3, 0.4) is 0 Å². The van der Waals surface area contributed by atoms with Gasteiger partial charge in [-0.25, -0.2) is 0 Å². The van der Waals surface area contributed by atoms with Crippen LogP contribution in [0.5, 0.6) is 0 Å². The van der Waals surface area contributed by atoms with E-state index in [1.165, 1.54) is 57.8 Å². The Morgan fingerprint density at radius 2 is 1.60 bits per heavy atom. The lowest BCUT2D eigenvalue weighted by molar-refractivity contribution is -0.135. The number of rotatable bonds is 3. The lowest BCUT2D eigenvalue weighted by Crippen LogP contribution is -2.16. The SMILES string of the molecule is CCC1CCCCCC=CCCCCCCCC1=O.CNCC(=O)O. The minimum atomic E-state index is -0.822. The van der Waals surface area contributed by atoms with Crippen molar-refractivity contribution in [3.05, 3.63) is 12.2 Å². The lowest BCUT2D eigenvalue weighted by Gasteiger charge is -2.13. The Labute approximate surface area is 154 Å². The van der Waals surface area contributed by atoms with Crippen molar-refractivity contribution in [1.82, 2.24) is 5.32 Å². The first-order valence-electron chi connectivity index (χ1n) is 10.2. The largest absolute Gasteiger partial charge is 0.480 e. The quantitative estimate of drug-likeness (QED) is 0.691. The van der Waals surface area contributed by atoms with E-state index in [0.29, 0.717) is 11.7 Å². The number of carbonyl (C=O) groups is 2. The molecule has 0 fully saturated rings. The normalized spacial score (nSPS) is 21.2. The molecule has 0 radical (unpaired) electrons. The standard InChI is InChI=1S/C18H32O.C3H7NO2/c1-2-17-15-13-11-9-7-5-3-4-6-8-10-12-14-16-18(17)19;1-4-2-3(5)6/h3,5,17H,2,4,6-16H2,1H3;4H,2H2,1H3,(H,5,6). The first kappa shape index (κ1) is 23.8. The van der Waals surface area contributed by atoms with Crippen LogP contribution in [0.4, 0.5) is 0 Å². The van der Waals surface area contributed by atoms with Gasteiger partial charge in [0, 0.05) is 12.3 Å². The van der Waals surface area contributed by atoms with Crippen LogP contribution in [-0.4, -0.2) is 30.5 Å². The number of likely N-dealkylation sites (N-methyl/N-ethyl adjacent to an activating group) is 1. The zero-order chi connectivity index (χ0) is 18.8. The number of allylic oxidation sites excluding steroid dienone is 2. The highest BCUT2D eigenvalue weighted by Gasteiger charge is 2.15. The van der Waals surface area contributed by atoms with Gasteiger partial charge in [-0.15, -0.1) is 0 Å². The molecule has 4 nitrogen and oxygen atoms in total. The molecule has 1 atom stereocenters. The molecule has 0 saturated heterocycles. The highest BCUT2D eigenvalue weighted by atomic mass is 16.4. The fourth-order valence-corrected chi connectivity index (χ4v) is 3.11. The second-order valence-electron chi connectivity index (χ2n) is 6.91. The molecule has 1 unspecified atom stereocenters. The van der Waals surface area contributed by atoms with Crippen LogP contribution in [0, 0.1) is 5.92 Å². The minimum Gasteiger partial charge on any atom is -0.480 e. The second kappa shape index (κ2) is 17.7. The molecule has 0 aliphatic heterocycles. The maximum Gasteiger partial charge on any atom is 0.317 e. The van der Waals surface area contributed by atoms with Crippen LogP contribution in [0.2, 0.25) is 0 Å². The summed E-state index contributed by atoms with van der Waals surface area (Å²) in [6, 6.07) is 0. The van der Waals surface area contributed by atoms with Crippen molar-refractivity contribution in [2.75, 3.05) is 13.6 Å². The average molecular weight is 354 g/mol. The Morgan fingerprint density at radius 1 is 1.04 bits per heavy atom. The van der Waals surface area contributed by atoms with E-state index >= 15 is 0 Å². The topological polar surface area (TPSA) is 66.4 Å². The zero-order valence-electron chi connectivity index (χ0n) is 16.4. The first-order chi connectivity index (χ1) is 12.1. The summed E-state index contributed by atoms with van der Waals surface area (Å²) in [6.45, 7) is 2.21. The van der Waals surface area contributed by atoms with E-state index in [0.717, 1.165) is 25.7 Å². The van der Waals surface area contributed by atoms with E-state index in [1.807, 2.05) is 0 Å². The molecular formula is C21H39NO3. The molecular weight excluding hydrogens is 314 g/mol. The predicted molar refractivity (Wildman–Crippen MR) is 105 cm³/mol. The van der Waals surface area contributed by atoms with E-state index in [4.69, 9.17) is 5.11 Å². The van der Waals surface area contributed by atoms with Crippen LogP contribution in [0.25, 0.3) is 0 Å². The Morgan fingerprint density at radius 3 is 2.12 bits per heavy atom. The van der Waals surface area contributed by atoms with Crippen LogP contribution in [0.1, 0.15) is 90.4 Å². The van der Waals surface area contributed by atoms with Gasteiger partial charge in [0.1, 0.15) is 5.78 Å². The Kier molecular flexibility index (Phi) is 16.8. The summed E-state index contributed by atoms with van der Waals surface area (Å²) in [5, 5.41) is 10.3. The summed E-state index contributed by atoms with van der Waals surface area (Å²) in [6.07, 6.45) is 20.3. The molecule has 25 heavy (non-hydrogen) atoms. The van der Waals surface area contributed by atoms with Gasteiger partial charge in [0.25, 0.3) is 0 Å². The second-order valence-corrected chi connectivity index (χ2v) is 6.91. The minimum absolute atomic E-state index is 0.0417. The number of hydrogen-bond donors (Lipinski definition) is 2. The van der Waals surface area contributed by atoms with Gasteiger partial charge in [-0.1, -0.05) is 51.2 Å². The van der Waals surface area contributed by atoms with Crippen molar-refractivity contribution >= 4 is 11.8 Å². The van der Waals surface area contributed by atoms with E-state index in [2.05, 4.69) is 24.4 Å². The summed E-state index contributed by atoms with van der Waals surface area (Å²) < 4.78 is 0. The molecule has 0 aromatic heterocycles. The number of carbonyl (C=O) groups excluding carboxylic acids is 1. The molecule has 1 aliphatic rings. The molecule has 0 aromatic rings. The fraction of sp³-hybridized carbons (Fsp3) is 0.810. The van der Waals surface area contributed by atoms with Crippen LogP contribution in [0.15, 0.2) is 12.2 Å². The molecule has 1 aliphatic carbocycles. The molecule has 0 heterocycles. The number of carboxylic acids is 1. The summed E-state index contributed by atoms with van der Waals surface area (Å²) in [5.74, 6) is 0.0652. The van der Waals surface area contributed by atoms with Crippen molar-refractivity contribution < 1.29 is 14.7 Å². The number of aliphatic carboxylic acids is 1. The Balaban J connectivity index is 0.000000823. The smallest absolute Gasteiger partial charge is 0.317 e. The summed E-state index contributed by atoms with van der Waals surface area (Å²) in [7, 11) is 1.59. The van der Waals surface area contributed by atoms with Gasteiger partial charge >= 0.3 is 5.97 Å². The molecule has 0 bridgehead atoms. The number of carboxylic acid groups (broad SMARTS) is 1. The lowest BCUT2D eigenvalue weighted by atomic mass is 9.91. The molecule has 0 spiro atoms. The third kappa shape index (κ3) is 16.1. The third-order valence-corrected chi connectivity index (χ3v) is 4.66. The molecule has 0 aromatic carbocycles. The van der Waals surface area contributed by atoms with E-state index in [-0.39, 0.29) is 6.54 Å². The van der Waals surface area contributed by atoms with Crippen LogP contribution in [-0.2, 0) is 9.59 Å². The number of ketones is 1. The van der Waals surface area contributed by atoms with Crippen molar-refractivity contribution in [2.24, 2.45) is 5.92 Å². The van der Waals surface area contributed by atoms with E-state index in [1.54, 1.807) is 7.05 Å². The Hall–Kier alpha value is -1.16. The van der Waals surface area contributed by atoms with Gasteiger partial charge in [0.15, 0.2) is 0 Å². The highest BCUT2D eigenvalue weighted by Crippen LogP contribution is 2.19. The van der Waals surface area contributed by atoms with Crippen molar-refractivity contribution in [2.45, 2.75) is 90.4 Å². The van der Waals surface area contributed by atoms with E-state index < -0.39 is 5.97 Å². The van der Waals surface area contributed by atoms with Gasteiger partial charge in [-0.2, -0.15) is 0 Å². The van der Waals surface area contributed by atoms with E-state index in [9.17, 15) is 9.59 Å². The highest BCUT2D eigenvalue weighted by molar-refractivity contribution is 5.80. The molecule has 2 N–H and O–H groups in total. The van der Waals surface area contributed by atoms with Crippen molar-refractivity contribution in [1.29, 1.82) is 0 Å². The van der Waals surface area contributed by atoms with Gasteiger partial charge in [-0.3, -0.25) is 9.59 Å². The fourth-order valence-electron chi connectivity index (χ4n) is 3.11. The predicted octanol–water partition coefficient (Wildman–Crippen LogP) is 5.12. The molecule has 146 valence electrons. The zero-order valence-corrected chi connectivity index (χ0v) is 16.4. The third-order valence-electron chi connectivity index (χ3n) is 4.66. The molecule has 1 rings (SSSR count). The van der Waals surface area contributed by atoms with Crippen molar-refractivity contribution in [3.8, 4) is 0 Å². The Bertz CT molecular complexity index is 366. The monoisotopic (exact) mass is 353 g/mol. The average Bonchev–Trinajstić information content (AvgIpc) is 2.57. The van der Waals surface area contributed by atoms with Crippen molar-refractivity contribution in [3.63, 3.8) is 0 Å². The van der Waals surface area contributed by atoms with Gasteiger partial charge in [-0.05, 0) is 52.0 Å². The summed E-state index contributed by atoms with van der Waals surface area (Å²) in [4.78, 5) is 21.7.